The maximum absolute atomic E-state index is 10.0. The van der Waals surface area contributed by atoms with Gasteiger partial charge in [0.15, 0.2) is 0 Å². The van der Waals surface area contributed by atoms with Crippen molar-refractivity contribution in [2.45, 2.75) is 46.3 Å². The van der Waals surface area contributed by atoms with E-state index in [1.165, 1.54) is 0 Å². The molecule has 1 rings (SSSR count). The molecule has 0 aromatic carbocycles. The Hall–Kier alpha value is -0.150. The SMILES string of the molecule is CN1C(=S)[C@H](C(C)(C)O)[C@H]1C(C)(C)C. The van der Waals surface area contributed by atoms with Crippen LogP contribution in [0.1, 0.15) is 34.6 Å². The lowest BCUT2D eigenvalue weighted by Crippen LogP contribution is -2.68. The van der Waals surface area contributed by atoms with Crippen molar-refractivity contribution in [3.05, 3.63) is 0 Å². The van der Waals surface area contributed by atoms with Crippen LogP contribution in [0, 0.1) is 11.3 Å². The number of thiocarbonyl (C=S) groups is 1. The lowest BCUT2D eigenvalue weighted by Gasteiger charge is -2.57. The van der Waals surface area contributed by atoms with Crippen LogP contribution in [0.2, 0.25) is 0 Å². The first-order valence-electron chi connectivity index (χ1n) is 5.06. The number of aliphatic hydroxyl groups is 1. The summed E-state index contributed by atoms with van der Waals surface area (Å²) in [5.74, 6) is 0.113. The second-order valence-corrected chi connectivity index (χ2v) is 6.31. The molecule has 1 aliphatic rings. The van der Waals surface area contributed by atoms with Gasteiger partial charge in [-0.25, -0.2) is 0 Å². The molecule has 1 N–H and O–H groups in total. The monoisotopic (exact) mass is 215 g/mol. The summed E-state index contributed by atoms with van der Waals surface area (Å²) >= 11 is 5.29. The molecule has 3 heteroatoms. The summed E-state index contributed by atoms with van der Waals surface area (Å²) in [6.45, 7) is 10.3. The normalized spacial score (nSPS) is 29.1. The van der Waals surface area contributed by atoms with Gasteiger partial charge in [-0.15, -0.1) is 0 Å². The van der Waals surface area contributed by atoms with Crippen LogP contribution in [0.5, 0.6) is 0 Å². The van der Waals surface area contributed by atoms with Crippen molar-refractivity contribution in [2.24, 2.45) is 11.3 Å². The zero-order valence-corrected chi connectivity index (χ0v) is 10.8. The van der Waals surface area contributed by atoms with E-state index in [1.54, 1.807) is 0 Å². The highest BCUT2D eigenvalue weighted by atomic mass is 32.1. The van der Waals surface area contributed by atoms with Crippen LogP contribution in [0.3, 0.4) is 0 Å². The molecule has 1 aliphatic heterocycles. The summed E-state index contributed by atoms with van der Waals surface area (Å²) in [5, 5.41) is 10.0. The molecule has 2 nitrogen and oxygen atoms in total. The Kier molecular flexibility index (Phi) is 2.70. The van der Waals surface area contributed by atoms with E-state index in [0.717, 1.165) is 4.99 Å². The topological polar surface area (TPSA) is 23.5 Å². The first-order valence-corrected chi connectivity index (χ1v) is 5.46. The van der Waals surface area contributed by atoms with Gasteiger partial charge in [-0.1, -0.05) is 33.0 Å². The van der Waals surface area contributed by atoms with Crippen LogP contribution < -0.4 is 0 Å². The van der Waals surface area contributed by atoms with Crippen LogP contribution >= 0.6 is 12.2 Å². The fourth-order valence-corrected chi connectivity index (χ4v) is 2.93. The molecule has 0 spiro atoms. The van der Waals surface area contributed by atoms with Gasteiger partial charge in [-0.3, -0.25) is 0 Å². The fraction of sp³-hybridized carbons (Fsp3) is 0.909. The zero-order chi connectivity index (χ0) is 11.3. The van der Waals surface area contributed by atoms with Gasteiger partial charge in [0.2, 0.25) is 0 Å². The molecule has 1 heterocycles. The second kappa shape index (κ2) is 3.17. The summed E-state index contributed by atoms with van der Waals surface area (Å²) in [5.41, 5.74) is -0.552. The fourth-order valence-electron chi connectivity index (χ4n) is 2.40. The third-order valence-electron chi connectivity index (χ3n) is 3.00. The second-order valence-electron chi connectivity index (χ2n) is 5.89. The van der Waals surface area contributed by atoms with Gasteiger partial charge in [-0.05, 0) is 19.3 Å². The summed E-state index contributed by atoms with van der Waals surface area (Å²) in [4.78, 5) is 3.00. The van der Waals surface area contributed by atoms with E-state index in [1.807, 2.05) is 20.9 Å². The standard InChI is InChI=1S/C11H21NOS/c1-10(2,3)8-7(11(4,5)13)9(14)12(8)6/h7-8,13H,1-6H3/t7-,8+/m1/s1. The van der Waals surface area contributed by atoms with E-state index >= 15 is 0 Å². The lowest BCUT2D eigenvalue weighted by atomic mass is 9.66. The van der Waals surface area contributed by atoms with Gasteiger partial charge >= 0.3 is 0 Å². The molecular formula is C11H21NOS. The van der Waals surface area contributed by atoms with Crippen LogP contribution in [0.4, 0.5) is 0 Å². The summed E-state index contributed by atoms with van der Waals surface area (Å²) in [7, 11) is 2.01. The van der Waals surface area contributed by atoms with Crippen molar-refractivity contribution in [3.63, 3.8) is 0 Å². The molecule has 1 saturated heterocycles. The van der Waals surface area contributed by atoms with E-state index in [4.69, 9.17) is 12.2 Å². The molecule has 0 aliphatic carbocycles. The van der Waals surface area contributed by atoms with Gasteiger partial charge in [0, 0.05) is 13.1 Å². The predicted molar refractivity (Wildman–Crippen MR) is 63.4 cm³/mol. The molecule has 0 aromatic rings. The molecule has 0 bridgehead atoms. The maximum Gasteiger partial charge on any atom is 0.0860 e. The minimum absolute atomic E-state index is 0.113. The summed E-state index contributed by atoms with van der Waals surface area (Å²) in [6.07, 6.45) is 0. The third-order valence-corrected chi connectivity index (χ3v) is 3.54. The predicted octanol–water partition coefficient (Wildman–Crippen LogP) is 2.06. The van der Waals surface area contributed by atoms with Crippen LogP contribution in [0.25, 0.3) is 0 Å². The highest BCUT2D eigenvalue weighted by Gasteiger charge is 2.53. The Balaban J connectivity index is 2.92. The Bertz CT molecular complexity index is 249. The molecule has 0 radical (unpaired) electrons. The van der Waals surface area contributed by atoms with Crippen LogP contribution in [0.15, 0.2) is 0 Å². The molecule has 82 valence electrons. The van der Waals surface area contributed by atoms with Gasteiger partial charge in [0.25, 0.3) is 0 Å². The average Bonchev–Trinajstić information content (AvgIpc) is 1.93. The van der Waals surface area contributed by atoms with Crippen LogP contribution in [-0.4, -0.2) is 33.7 Å². The van der Waals surface area contributed by atoms with Gasteiger partial charge < -0.3 is 10.0 Å². The number of hydrogen-bond acceptors (Lipinski definition) is 2. The van der Waals surface area contributed by atoms with Crippen LogP contribution in [-0.2, 0) is 0 Å². The van der Waals surface area contributed by atoms with Crippen molar-refractivity contribution >= 4 is 17.2 Å². The van der Waals surface area contributed by atoms with E-state index < -0.39 is 5.60 Å². The highest BCUT2D eigenvalue weighted by Crippen LogP contribution is 2.43. The number of hydrogen-bond donors (Lipinski definition) is 1. The molecule has 0 unspecified atom stereocenters. The Morgan fingerprint density at radius 1 is 1.21 bits per heavy atom. The Morgan fingerprint density at radius 2 is 1.64 bits per heavy atom. The first kappa shape index (κ1) is 11.9. The molecule has 0 aromatic heterocycles. The smallest absolute Gasteiger partial charge is 0.0860 e. The van der Waals surface area contributed by atoms with Gasteiger partial charge in [-0.2, -0.15) is 0 Å². The first-order chi connectivity index (χ1) is 6.07. The zero-order valence-electron chi connectivity index (χ0n) is 9.96. The van der Waals surface area contributed by atoms with E-state index in [2.05, 4.69) is 25.7 Å². The molecule has 0 saturated carbocycles. The summed E-state index contributed by atoms with van der Waals surface area (Å²) < 4.78 is 0. The number of rotatable bonds is 1. The number of nitrogens with zero attached hydrogens (tertiary/aromatic N) is 1. The number of likely N-dealkylation sites (tertiary alicyclic amines) is 1. The molecule has 1 fully saturated rings. The highest BCUT2D eigenvalue weighted by molar-refractivity contribution is 7.80. The van der Waals surface area contributed by atoms with Crippen molar-refractivity contribution in [3.8, 4) is 0 Å². The van der Waals surface area contributed by atoms with Crippen molar-refractivity contribution in [1.82, 2.24) is 4.90 Å². The molecule has 0 amide bonds. The largest absolute Gasteiger partial charge is 0.390 e. The lowest BCUT2D eigenvalue weighted by molar-refractivity contribution is -0.0438. The quantitative estimate of drug-likeness (QED) is 0.677. The van der Waals surface area contributed by atoms with Crippen molar-refractivity contribution < 1.29 is 5.11 Å². The van der Waals surface area contributed by atoms with Gasteiger partial charge in [0.05, 0.1) is 16.5 Å². The Morgan fingerprint density at radius 3 is 1.86 bits per heavy atom. The van der Waals surface area contributed by atoms with E-state index in [9.17, 15) is 5.11 Å². The minimum atomic E-state index is -0.707. The molecule has 14 heavy (non-hydrogen) atoms. The van der Waals surface area contributed by atoms with Crippen molar-refractivity contribution in [2.75, 3.05) is 7.05 Å². The third kappa shape index (κ3) is 1.80. The molecular weight excluding hydrogens is 194 g/mol. The van der Waals surface area contributed by atoms with E-state index in [0.29, 0.717) is 6.04 Å². The average molecular weight is 215 g/mol. The minimum Gasteiger partial charge on any atom is -0.390 e. The van der Waals surface area contributed by atoms with Gasteiger partial charge in [0.1, 0.15) is 0 Å². The van der Waals surface area contributed by atoms with E-state index in [-0.39, 0.29) is 11.3 Å². The van der Waals surface area contributed by atoms with Crippen molar-refractivity contribution in [1.29, 1.82) is 0 Å². The maximum atomic E-state index is 10.0. The molecule has 2 atom stereocenters. The Labute approximate surface area is 92.3 Å². The summed E-state index contributed by atoms with van der Waals surface area (Å²) in [6, 6.07) is 0.343.